The van der Waals surface area contributed by atoms with Gasteiger partial charge in [0.15, 0.2) is 0 Å². The van der Waals surface area contributed by atoms with Crippen LogP contribution in [0.15, 0.2) is 36.0 Å². The Balaban J connectivity index is 1.21. The first-order valence-electron chi connectivity index (χ1n) is 12.5. The maximum Gasteiger partial charge on any atom is 0.238 e. The number of piperazine rings is 2. The van der Waals surface area contributed by atoms with Crippen LogP contribution in [-0.2, 0) is 11.3 Å². The minimum Gasteiger partial charge on any atom is -0.348 e. The summed E-state index contributed by atoms with van der Waals surface area (Å²) in [6, 6.07) is 9.02. The van der Waals surface area contributed by atoms with E-state index >= 15 is 0 Å². The van der Waals surface area contributed by atoms with Crippen molar-refractivity contribution >= 4 is 39.0 Å². The van der Waals surface area contributed by atoms with Gasteiger partial charge in [0.05, 0.1) is 11.9 Å². The van der Waals surface area contributed by atoms with E-state index in [-0.39, 0.29) is 18.0 Å². The van der Waals surface area contributed by atoms with Crippen molar-refractivity contribution in [2.24, 2.45) is 0 Å². The molecule has 35 heavy (non-hydrogen) atoms. The van der Waals surface area contributed by atoms with Crippen LogP contribution in [0.1, 0.15) is 25.0 Å². The van der Waals surface area contributed by atoms with E-state index in [0.717, 1.165) is 73.1 Å². The average molecular weight is 494 g/mol. The Morgan fingerprint density at radius 2 is 1.89 bits per heavy atom. The molecule has 3 aromatic rings. The number of hydrogen-bond donors (Lipinski definition) is 2. The van der Waals surface area contributed by atoms with Gasteiger partial charge < -0.3 is 15.5 Å². The number of aromatic nitrogens is 2. The fourth-order valence-corrected chi connectivity index (χ4v) is 6.11. The summed E-state index contributed by atoms with van der Waals surface area (Å²) in [5.41, 5.74) is 3.26. The van der Waals surface area contributed by atoms with Crippen LogP contribution in [-0.4, -0.2) is 83.6 Å². The molecule has 2 aliphatic rings. The average Bonchev–Trinajstić information content (AvgIpc) is 3.31. The van der Waals surface area contributed by atoms with E-state index in [1.54, 1.807) is 17.7 Å². The Morgan fingerprint density at radius 3 is 2.66 bits per heavy atom. The normalized spacial score (nSPS) is 22.0. The van der Waals surface area contributed by atoms with E-state index in [1.165, 1.54) is 5.56 Å². The number of hydrogen-bond acceptors (Lipinski definition) is 8. The molecule has 1 aromatic carbocycles. The molecule has 0 saturated carbocycles. The van der Waals surface area contributed by atoms with E-state index in [0.29, 0.717) is 6.54 Å². The van der Waals surface area contributed by atoms with Crippen LogP contribution in [0.3, 0.4) is 0 Å². The molecule has 0 radical (unpaired) electrons. The fraction of sp³-hybridized carbons (Fsp3) is 0.500. The quantitative estimate of drug-likeness (QED) is 0.547. The van der Waals surface area contributed by atoms with Crippen LogP contribution in [0.5, 0.6) is 0 Å². The van der Waals surface area contributed by atoms with E-state index in [4.69, 9.17) is 0 Å². The van der Waals surface area contributed by atoms with Gasteiger partial charge in [0, 0.05) is 63.6 Å². The minimum absolute atomic E-state index is 0.0440. The molecular weight excluding hydrogens is 458 g/mol. The van der Waals surface area contributed by atoms with Gasteiger partial charge in [0.25, 0.3) is 0 Å². The zero-order valence-electron chi connectivity index (χ0n) is 20.8. The largest absolute Gasteiger partial charge is 0.348 e. The maximum absolute atomic E-state index is 13.0. The predicted molar refractivity (Wildman–Crippen MR) is 143 cm³/mol. The lowest BCUT2D eigenvalue weighted by molar-refractivity contribution is -0.117. The number of thiophene rings is 1. The Hall–Kier alpha value is -2.59. The second-order valence-electron chi connectivity index (χ2n) is 9.86. The SMILES string of the molecule is Cc1ccc(CN2CCNCC2)cc1NC(=O)CN1CC(C)N(c2ncnc3sccc23)C(C)C1. The molecule has 4 heterocycles. The molecule has 2 N–H and O–H groups in total. The summed E-state index contributed by atoms with van der Waals surface area (Å²) >= 11 is 1.64. The van der Waals surface area contributed by atoms with Crippen LogP contribution >= 0.6 is 11.3 Å². The zero-order valence-corrected chi connectivity index (χ0v) is 21.6. The number of carbonyl (C=O) groups is 1. The lowest BCUT2D eigenvalue weighted by Crippen LogP contribution is -2.58. The number of anilines is 2. The molecule has 1 amide bonds. The predicted octanol–water partition coefficient (Wildman–Crippen LogP) is 2.94. The van der Waals surface area contributed by atoms with Gasteiger partial charge in [0.2, 0.25) is 5.91 Å². The third-order valence-electron chi connectivity index (χ3n) is 7.04. The minimum atomic E-state index is 0.0440. The molecule has 0 bridgehead atoms. The first kappa shape index (κ1) is 24.1. The highest BCUT2D eigenvalue weighted by molar-refractivity contribution is 7.16. The van der Waals surface area contributed by atoms with Crippen LogP contribution in [0.2, 0.25) is 0 Å². The Labute approximate surface area is 211 Å². The van der Waals surface area contributed by atoms with Crippen molar-refractivity contribution in [3.63, 3.8) is 0 Å². The maximum atomic E-state index is 13.0. The van der Waals surface area contributed by atoms with Gasteiger partial charge in [-0.05, 0) is 49.4 Å². The standard InChI is InChI=1S/C26H35N7OS/c1-18-4-5-21(15-31-9-7-27-8-10-31)12-23(18)30-24(34)16-32-13-19(2)33(20(3)14-32)25-22-6-11-35-26(22)29-17-28-25/h4-6,11-12,17,19-20,27H,7-10,13-16H2,1-3H3,(H,30,34). The van der Waals surface area contributed by atoms with Crippen molar-refractivity contribution in [1.82, 2.24) is 25.1 Å². The lowest BCUT2D eigenvalue weighted by atomic mass is 10.1. The van der Waals surface area contributed by atoms with E-state index in [1.807, 2.05) is 0 Å². The molecule has 9 heteroatoms. The number of rotatable bonds is 6. The molecule has 2 aliphatic heterocycles. The number of fused-ring (bicyclic) bond motifs is 1. The number of carbonyl (C=O) groups excluding carboxylic acids is 1. The number of nitrogens with one attached hydrogen (secondary N) is 2. The Kier molecular flexibility index (Phi) is 7.29. The third kappa shape index (κ3) is 5.48. The summed E-state index contributed by atoms with van der Waals surface area (Å²) < 4.78 is 0. The molecule has 0 aliphatic carbocycles. The summed E-state index contributed by atoms with van der Waals surface area (Å²) in [4.78, 5) is 30.2. The van der Waals surface area contributed by atoms with E-state index < -0.39 is 0 Å². The molecular formula is C26H35N7OS. The topological polar surface area (TPSA) is 76.6 Å². The van der Waals surface area contributed by atoms with Crippen LogP contribution in [0.25, 0.3) is 10.2 Å². The lowest BCUT2D eigenvalue weighted by Gasteiger charge is -2.45. The fourth-order valence-electron chi connectivity index (χ4n) is 5.38. The molecule has 186 valence electrons. The van der Waals surface area contributed by atoms with Gasteiger partial charge in [-0.1, -0.05) is 12.1 Å². The Morgan fingerprint density at radius 1 is 1.11 bits per heavy atom. The Bertz CT molecular complexity index is 1160. The van der Waals surface area contributed by atoms with E-state index in [9.17, 15) is 4.79 Å². The third-order valence-corrected chi connectivity index (χ3v) is 7.86. The van der Waals surface area contributed by atoms with Gasteiger partial charge in [-0.3, -0.25) is 14.6 Å². The first-order chi connectivity index (χ1) is 17.0. The summed E-state index contributed by atoms with van der Waals surface area (Å²) in [5, 5.41) is 9.76. The summed E-state index contributed by atoms with van der Waals surface area (Å²) in [7, 11) is 0. The molecule has 5 rings (SSSR count). The highest BCUT2D eigenvalue weighted by atomic mass is 32.1. The van der Waals surface area contributed by atoms with Gasteiger partial charge in [-0.15, -0.1) is 11.3 Å². The van der Waals surface area contributed by atoms with Crippen molar-refractivity contribution in [3.05, 3.63) is 47.1 Å². The first-order valence-corrected chi connectivity index (χ1v) is 13.4. The number of benzene rings is 1. The number of aryl methyl sites for hydroxylation is 1. The molecule has 2 atom stereocenters. The summed E-state index contributed by atoms with van der Waals surface area (Å²) in [5.74, 6) is 1.04. The smallest absolute Gasteiger partial charge is 0.238 e. The second-order valence-corrected chi connectivity index (χ2v) is 10.8. The number of nitrogens with zero attached hydrogens (tertiary/aromatic N) is 5. The molecule has 2 saturated heterocycles. The monoisotopic (exact) mass is 493 g/mol. The van der Waals surface area contributed by atoms with Crippen LogP contribution in [0, 0.1) is 6.92 Å². The van der Waals surface area contributed by atoms with Gasteiger partial charge >= 0.3 is 0 Å². The highest BCUT2D eigenvalue weighted by Gasteiger charge is 2.32. The van der Waals surface area contributed by atoms with Crippen molar-refractivity contribution in [3.8, 4) is 0 Å². The van der Waals surface area contributed by atoms with Gasteiger partial charge in [0.1, 0.15) is 17.0 Å². The molecule has 8 nitrogen and oxygen atoms in total. The van der Waals surface area contributed by atoms with Crippen molar-refractivity contribution in [2.75, 3.05) is 56.0 Å². The summed E-state index contributed by atoms with van der Waals surface area (Å²) in [6.07, 6.45) is 1.66. The summed E-state index contributed by atoms with van der Waals surface area (Å²) in [6.45, 7) is 13.6. The van der Waals surface area contributed by atoms with Crippen LogP contribution in [0.4, 0.5) is 11.5 Å². The highest BCUT2D eigenvalue weighted by Crippen LogP contribution is 2.31. The van der Waals surface area contributed by atoms with Crippen molar-refractivity contribution in [1.29, 1.82) is 0 Å². The van der Waals surface area contributed by atoms with E-state index in [2.05, 4.69) is 85.7 Å². The van der Waals surface area contributed by atoms with Crippen molar-refractivity contribution in [2.45, 2.75) is 39.4 Å². The number of amides is 1. The van der Waals surface area contributed by atoms with Gasteiger partial charge in [-0.25, -0.2) is 9.97 Å². The zero-order chi connectivity index (χ0) is 24.4. The van der Waals surface area contributed by atoms with Crippen molar-refractivity contribution < 1.29 is 4.79 Å². The second kappa shape index (κ2) is 10.6. The molecule has 0 spiro atoms. The van der Waals surface area contributed by atoms with Crippen LogP contribution < -0.4 is 15.5 Å². The van der Waals surface area contributed by atoms with Gasteiger partial charge in [-0.2, -0.15) is 0 Å². The molecule has 2 aromatic heterocycles. The molecule has 2 fully saturated rings. The molecule has 2 unspecified atom stereocenters.